The van der Waals surface area contributed by atoms with Crippen molar-refractivity contribution in [1.29, 1.82) is 0 Å². The molecular weight excluding hydrogens is 377 g/mol. The van der Waals surface area contributed by atoms with Crippen LogP contribution in [0.2, 0.25) is 0 Å². The Balaban J connectivity index is 2.18. The minimum atomic E-state index is -0.953. The number of dihydropyridines is 1. The molecule has 0 saturated carbocycles. The Morgan fingerprint density at radius 1 is 1.24 bits per heavy atom. The van der Waals surface area contributed by atoms with Gasteiger partial charge < -0.3 is 14.8 Å². The molecule has 3 rings (SSSR count). The number of ketones is 1. The van der Waals surface area contributed by atoms with E-state index in [1.807, 2.05) is 6.92 Å². The molecule has 0 spiro atoms. The fraction of sp³-hybridized carbons (Fsp3) is 0.409. The van der Waals surface area contributed by atoms with Crippen LogP contribution in [0.3, 0.4) is 0 Å². The fourth-order valence-electron chi connectivity index (χ4n) is 4.15. The third-order valence-corrected chi connectivity index (χ3v) is 5.44. The van der Waals surface area contributed by atoms with Gasteiger partial charge in [0.15, 0.2) is 5.78 Å². The van der Waals surface area contributed by atoms with E-state index in [1.165, 1.54) is 19.2 Å². The molecule has 0 fully saturated rings. The Kier molecular flexibility index (Phi) is 5.86. The third kappa shape index (κ3) is 3.69. The summed E-state index contributed by atoms with van der Waals surface area (Å²) < 4.78 is 23.6. The molecule has 0 aromatic heterocycles. The summed E-state index contributed by atoms with van der Waals surface area (Å²) in [4.78, 5) is 38.5. The molecule has 6 nitrogen and oxygen atoms in total. The summed E-state index contributed by atoms with van der Waals surface area (Å²) in [5.74, 6) is -3.93. The standard InChI is InChI=1S/C22H24FNO5/c1-5-29-22(27)17-12(3)24-15-10-11(2)16(21(26)28-4)20(25)19(15)18(17)13-6-8-14(23)9-7-13/h6-9,11,16,18,24H,5,10H2,1-4H3/t11-,16+,18+/m0/s1. The van der Waals surface area contributed by atoms with E-state index in [4.69, 9.17) is 9.47 Å². The third-order valence-electron chi connectivity index (χ3n) is 5.44. The fourth-order valence-corrected chi connectivity index (χ4v) is 4.15. The Morgan fingerprint density at radius 3 is 2.48 bits per heavy atom. The molecule has 0 amide bonds. The molecular formula is C22H24FNO5. The van der Waals surface area contributed by atoms with E-state index in [2.05, 4.69) is 5.32 Å². The van der Waals surface area contributed by atoms with E-state index >= 15 is 0 Å². The summed E-state index contributed by atoms with van der Waals surface area (Å²) in [7, 11) is 1.25. The first-order chi connectivity index (χ1) is 13.8. The molecule has 0 unspecified atom stereocenters. The van der Waals surface area contributed by atoms with Gasteiger partial charge in [0, 0.05) is 22.9 Å². The van der Waals surface area contributed by atoms with Crippen LogP contribution >= 0.6 is 0 Å². The summed E-state index contributed by atoms with van der Waals surface area (Å²) >= 11 is 0. The van der Waals surface area contributed by atoms with Crippen molar-refractivity contribution in [2.45, 2.75) is 33.1 Å². The number of rotatable bonds is 4. The SMILES string of the molecule is CCOC(=O)C1=C(C)NC2=C(C(=O)[C@H](C(=O)OC)[C@@H](C)C2)[C@@H]1c1ccc(F)cc1. The Hall–Kier alpha value is -2.96. The molecule has 0 radical (unpaired) electrons. The first kappa shape index (κ1) is 20.8. The maximum absolute atomic E-state index is 13.5. The molecule has 2 aliphatic rings. The second-order valence-electron chi connectivity index (χ2n) is 7.31. The van der Waals surface area contributed by atoms with Crippen molar-refractivity contribution in [2.75, 3.05) is 13.7 Å². The van der Waals surface area contributed by atoms with Crippen molar-refractivity contribution in [3.63, 3.8) is 0 Å². The number of carbonyl (C=O) groups excluding carboxylic acids is 3. The summed E-state index contributed by atoms with van der Waals surface area (Å²) in [6, 6.07) is 5.65. The lowest BCUT2D eigenvalue weighted by atomic mass is 9.69. The van der Waals surface area contributed by atoms with Gasteiger partial charge in [-0.05, 0) is 43.9 Å². The highest BCUT2D eigenvalue weighted by atomic mass is 19.1. The van der Waals surface area contributed by atoms with Crippen molar-refractivity contribution in [3.8, 4) is 0 Å². The number of nitrogens with one attached hydrogen (secondary N) is 1. The Labute approximate surface area is 168 Å². The first-order valence-electron chi connectivity index (χ1n) is 9.55. The highest BCUT2D eigenvalue weighted by Crippen LogP contribution is 2.45. The van der Waals surface area contributed by atoms with Gasteiger partial charge in [-0.3, -0.25) is 9.59 Å². The lowest BCUT2D eigenvalue weighted by Crippen LogP contribution is -2.43. The molecule has 154 valence electrons. The largest absolute Gasteiger partial charge is 0.468 e. The van der Waals surface area contributed by atoms with E-state index in [-0.39, 0.29) is 23.9 Å². The summed E-state index contributed by atoms with van der Waals surface area (Å²) in [5, 5.41) is 3.17. The molecule has 0 bridgehead atoms. The van der Waals surface area contributed by atoms with Crippen molar-refractivity contribution >= 4 is 17.7 Å². The number of hydrogen-bond donors (Lipinski definition) is 1. The van der Waals surface area contributed by atoms with Gasteiger partial charge in [-0.25, -0.2) is 9.18 Å². The van der Waals surface area contributed by atoms with Crippen LogP contribution in [0.25, 0.3) is 0 Å². The number of benzene rings is 1. The zero-order valence-electron chi connectivity index (χ0n) is 16.9. The molecule has 0 saturated heterocycles. The maximum atomic E-state index is 13.5. The highest BCUT2D eigenvalue weighted by molar-refractivity contribution is 6.12. The Morgan fingerprint density at radius 2 is 1.90 bits per heavy atom. The first-order valence-corrected chi connectivity index (χ1v) is 9.55. The van der Waals surface area contributed by atoms with E-state index < -0.39 is 29.6 Å². The van der Waals surface area contributed by atoms with Crippen LogP contribution in [-0.2, 0) is 23.9 Å². The maximum Gasteiger partial charge on any atom is 0.336 e. The average molecular weight is 401 g/mol. The molecule has 29 heavy (non-hydrogen) atoms. The quantitative estimate of drug-likeness (QED) is 0.617. The lowest BCUT2D eigenvalue weighted by Gasteiger charge is -2.38. The van der Waals surface area contributed by atoms with Crippen molar-refractivity contribution in [3.05, 3.63) is 58.2 Å². The lowest BCUT2D eigenvalue weighted by molar-refractivity contribution is -0.151. The van der Waals surface area contributed by atoms with Gasteiger partial charge in [-0.2, -0.15) is 0 Å². The number of carbonyl (C=O) groups is 3. The summed E-state index contributed by atoms with van der Waals surface area (Å²) in [6.07, 6.45) is 0.450. The van der Waals surface area contributed by atoms with Crippen LogP contribution in [0.1, 0.15) is 38.7 Å². The van der Waals surface area contributed by atoms with Gasteiger partial charge in [-0.15, -0.1) is 0 Å². The predicted molar refractivity (Wildman–Crippen MR) is 103 cm³/mol. The zero-order chi connectivity index (χ0) is 21.3. The number of Topliss-reactive ketones (excluding diaryl/α,β-unsaturated/α-hetero) is 1. The minimum Gasteiger partial charge on any atom is -0.468 e. The van der Waals surface area contributed by atoms with Crippen molar-refractivity contribution in [1.82, 2.24) is 5.32 Å². The van der Waals surface area contributed by atoms with Gasteiger partial charge >= 0.3 is 11.9 Å². The van der Waals surface area contributed by atoms with Crippen LogP contribution in [-0.4, -0.2) is 31.4 Å². The number of methoxy groups -OCH3 is 1. The molecule has 1 aromatic rings. The van der Waals surface area contributed by atoms with Crippen LogP contribution in [0.5, 0.6) is 0 Å². The number of ether oxygens (including phenoxy) is 2. The molecule has 3 atom stereocenters. The van der Waals surface area contributed by atoms with Gasteiger partial charge in [-0.1, -0.05) is 19.1 Å². The van der Waals surface area contributed by atoms with Gasteiger partial charge in [0.2, 0.25) is 0 Å². The molecule has 1 aliphatic heterocycles. The number of hydrogen-bond acceptors (Lipinski definition) is 6. The number of allylic oxidation sites excluding steroid dienone is 3. The van der Waals surface area contributed by atoms with Crippen LogP contribution in [0, 0.1) is 17.7 Å². The molecule has 1 N–H and O–H groups in total. The van der Waals surface area contributed by atoms with Crippen LogP contribution in [0.15, 0.2) is 46.8 Å². The number of esters is 2. The van der Waals surface area contributed by atoms with Gasteiger partial charge in [0.25, 0.3) is 0 Å². The monoisotopic (exact) mass is 401 g/mol. The number of halogens is 1. The van der Waals surface area contributed by atoms with Gasteiger partial charge in [0.05, 0.1) is 19.3 Å². The van der Waals surface area contributed by atoms with Crippen molar-refractivity contribution in [2.24, 2.45) is 11.8 Å². The zero-order valence-corrected chi connectivity index (χ0v) is 16.9. The predicted octanol–water partition coefficient (Wildman–Crippen LogP) is 3.00. The molecule has 1 aliphatic carbocycles. The van der Waals surface area contributed by atoms with E-state index in [1.54, 1.807) is 26.0 Å². The second-order valence-corrected chi connectivity index (χ2v) is 7.31. The van der Waals surface area contributed by atoms with E-state index in [0.717, 1.165) is 0 Å². The smallest absolute Gasteiger partial charge is 0.336 e. The highest BCUT2D eigenvalue weighted by Gasteiger charge is 2.47. The summed E-state index contributed by atoms with van der Waals surface area (Å²) in [5.41, 5.74) is 2.44. The van der Waals surface area contributed by atoms with Crippen molar-refractivity contribution < 1.29 is 28.2 Å². The normalized spacial score (nSPS) is 24.0. The van der Waals surface area contributed by atoms with E-state index in [0.29, 0.717) is 29.0 Å². The van der Waals surface area contributed by atoms with Crippen LogP contribution < -0.4 is 5.32 Å². The van der Waals surface area contributed by atoms with Crippen LogP contribution in [0.4, 0.5) is 4.39 Å². The molecule has 1 heterocycles. The Bertz CT molecular complexity index is 916. The van der Waals surface area contributed by atoms with E-state index in [9.17, 15) is 18.8 Å². The molecule has 1 aromatic carbocycles. The summed E-state index contributed by atoms with van der Waals surface area (Å²) in [6.45, 7) is 5.43. The van der Waals surface area contributed by atoms with Gasteiger partial charge in [0.1, 0.15) is 11.7 Å². The average Bonchev–Trinajstić information content (AvgIpc) is 2.67. The minimum absolute atomic E-state index is 0.174. The topological polar surface area (TPSA) is 81.7 Å². The molecule has 7 heteroatoms. The second kappa shape index (κ2) is 8.19.